The quantitative estimate of drug-likeness (QED) is 0.727. The number of hydrogen-bond acceptors (Lipinski definition) is 1. The summed E-state index contributed by atoms with van der Waals surface area (Å²) in [6.07, 6.45) is 3.60. The van der Waals surface area contributed by atoms with Crippen LogP contribution in [0.3, 0.4) is 0 Å². The molecule has 1 atom stereocenters. The Balaban J connectivity index is 0.000000711. The van der Waals surface area contributed by atoms with Crippen LogP contribution in [-0.2, 0) is 6.42 Å². The summed E-state index contributed by atoms with van der Waals surface area (Å²) in [5.41, 5.74) is 3.45. The Bertz CT molecular complexity index is 363. The Morgan fingerprint density at radius 3 is 2.00 bits per heavy atom. The first-order valence-corrected chi connectivity index (χ1v) is 7.12. The molecule has 1 nitrogen and oxygen atoms in total. The van der Waals surface area contributed by atoms with Crippen LogP contribution in [0.25, 0.3) is 0 Å². The van der Waals surface area contributed by atoms with Crippen LogP contribution in [0.2, 0.25) is 0 Å². The average Bonchev–Trinajstić information content (AvgIpc) is 2.45. The molecule has 0 radical (unpaired) electrons. The van der Waals surface area contributed by atoms with Gasteiger partial charge in [0, 0.05) is 6.04 Å². The summed E-state index contributed by atoms with van der Waals surface area (Å²) in [6.45, 7) is 14.3. The van der Waals surface area contributed by atoms with Crippen molar-refractivity contribution in [3.63, 3.8) is 0 Å². The number of rotatable bonds is 6. The van der Waals surface area contributed by atoms with Crippen LogP contribution in [0.5, 0.6) is 0 Å². The third-order valence-corrected chi connectivity index (χ3v) is 3.10. The largest absolute Gasteiger partial charge is 0.313 e. The van der Waals surface area contributed by atoms with Gasteiger partial charge >= 0.3 is 0 Å². The van der Waals surface area contributed by atoms with Gasteiger partial charge in [0.2, 0.25) is 0 Å². The van der Waals surface area contributed by atoms with E-state index < -0.39 is 0 Å². The SMILES string of the molecule is C=C(C)C(=C)C(Cc1ccccc1)NC.CCCC. The van der Waals surface area contributed by atoms with Crippen molar-refractivity contribution in [2.24, 2.45) is 0 Å². The summed E-state index contributed by atoms with van der Waals surface area (Å²) in [7, 11) is 1.96. The zero-order valence-corrected chi connectivity index (χ0v) is 13.0. The van der Waals surface area contributed by atoms with Crippen molar-refractivity contribution in [3.05, 3.63) is 60.2 Å². The number of unbranched alkanes of at least 4 members (excludes halogenated alkanes) is 1. The van der Waals surface area contributed by atoms with Crippen molar-refractivity contribution in [1.29, 1.82) is 0 Å². The summed E-state index contributed by atoms with van der Waals surface area (Å²) in [4.78, 5) is 0. The Hall–Kier alpha value is -1.34. The van der Waals surface area contributed by atoms with E-state index in [0.717, 1.165) is 17.6 Å². The third-order valence-electron chi connectivity index (χ3n) is 3.10. The van der Waals surface area contributed by atoms with Gasteiger partial charge in [0.05, 0.1) is 0 Å². The van der Waals surface area contributed by atoms with E-state index in [1.165, 1.54) is 18.4 Å². The molecular formula is C18H29N. The summed E-state index contributed by atoms with van der Waals surface area (Å²) < 4.78 is 0. The fourth-order valence-corrected chi connectivity index (χ4v) is 1.55. The lowest BCUT2D eigenvalue weighted by Crippen LogP contribution is -2.29. The molecule has 1 N–H and O–H groups in total. The molecule has 0 saturated carbocycles. The Labute approximate surface area is 119 Å². The lowest BCUT2D eigenvalue weighted by molar-refractivity contribution is 0.639. The molecule has 0 fully saturated rings. The van der Waals surface area contributed by atoms with Crippen LogP contribution in [0.1, 0.15) is 39.2 Å². The minimum absolute atomic E-state index is 0.282. The van der Waals surface area contributed by atoms with Crippen LogP contribution < -0.4 is 5.32 Å². The van der Waals surface area contributed by atoms with E-state index in [1.807, 2.05) is 20.0 Å². The number of nitrogens with one attached hydrogen (secondary N) is 1. The first kappa shape index (κ1) is 17.7. The second kappa shape index (κ2) is 10.6. The van der Waals surface area contributed by atoms with E-state index >= 15 is 0 Å². The minimum Gasteiger partial charge on any atom is -0.313 e. The molecule has 1 unspecified atom stereocenters. The molecule has 1 aromatic carbocycles. The van der Waals surface area contributed by atoms with E-state index in [-0.39, 0.29) is 6.04 Å². The van der Waals surface area contributed by atoms with E-state index in [4.69, 9.17) is 0 Å². The van der Waals surface area contributed by atoms with Gasteiger partial charge in [0.1, 0.15) is 0 Å². The molecule has 0 aliphatic heterocycles. The van der Waals surface area contributed by atoms with E-state index in [1.54, 1.807) is 0 Å². The maximum absolute atomic E-state index is 4.06. The molecule has 19 heavy (non-hydrogen) atoms. The number of likely N-dealkylation sites (N-methyl/N-ethyl adjacent to an activating group) is 1. The van der Waals surface area contributed by atoms with E-state index in [9.17, 15) is 0 Å². The van der Waals surface area contributed by atoms with Gasteiger partial charge in [-0.05, 0) is 31.5 Å². The van der Waals surface area contributed by atoms with Crippen molar-refractivity contribution < 1.29 is 0 Å². The molecular weight excluding hydrogens is 230 g/mol. The van der Waals surface area contributed by atoms with Crippen molar-refractivity contribution in [2.45, 2.75) is 46.1 Å². The normalized spacial score (nSPS) is 11.2. The van der Waals surface area contributed by atoms with Crippen LogP contribution in [0.4, 0.5) is 0 Å². The van der Waals surface area contributed by atoms with Crippen molar-refractivity contribution in [1.82, 2.24) is 5.32 Å². The van der Waals surface area contributed by atoms with Crippen molar-refractivity contribution >= 4 is 0 Å². The fraction of sp³-hybridized carbons (Fsp3) is 0.444. The zero-order chi connectivity index (χ0) is 14.7. The molecule has 0 aliphatic carbocycles. The lowest BCUT2D eigenvalue weighted by atomic mass is 9.96. The van der Waals surface area contributed by atoms with Gasteiger partial charge < -0.3 is 5.32 Å². The molecule has 0 saturated heterocycles. The number of hydrogen-bond donors (Lipinski definition) is 1. The van der Waals surface area contributed by atoms with Crippen LogP contribution in [-0.4, -0.2) is 13.1 Å². The molecule has 0 bridgehead atoms. The molecule has 0 aliphatic rings. The predicted octanol–water partition coefficient (Wildman–Crippen LogP) is 4.76. The third kappa shape index (κ3) is 7.63. The summed E-state index contributed by atoms with van der Waals surface area (Å²) in [6, 6.07) is 10.7. The highest BCUT2D eigenvalue weighted by atomic mass is 14.9. The minimum atomic E-state index is 0.282. The van der Waals surface area contributed by atoms with Gasteiger partial charge in [0.25, 0.3) is 0 Å². The molecule has 1 heteroatoms. The Kier molecular flexibility index (Phi) is 9.82. The predicted molar refractivity (Wildman–Crippen MR) is 87.5 cm³/mol. The molecule has 0 amide bonds. The summed E-state index contributed by atoms with van der Waals surface area (Å²) in [5.74, 6) is 0. The van der Waals surface area contributed by atoms with E-state index in [0.29, 0.717) is 0 Å². The highest BCUT2D eigenvalue weighted by molar-refractivity contribution is 5.30. The van der Waals surface area contributed by atoms with Gasteiger partial charge in [-0.3, -0.25) is 0 Å². The Morgan fingerprint density at radius 2 is 1.63 bits per heavy atom. The van der Waals surface area contributed by atoms with E-state index in [2.05, 4.69) is 56.6 Å². The van der Waals surface area contributed by atoms with Gasteiger partial charge in [0.15, 0.2) is 0 Å². The molecule has 0 heterocycles. The smallest absolute Gasteiger partial charge is 0.0354 e. The van der Waals surface area contributed by atoms with Crippen molar-refractivity contribution in [3.8, 4) is 0 Å². The topological polar surface area (TPSA) is 12.0 Å². The fourth-order valence-electron chi connectivity index (χ4n) is 1.55. The highest BCUT2D eigenvalue weighted by Gasteiger charge is 2.11. The number of benzene rings is 1. The molecule has 0 spiro atoms. The Morgan fingerprint density at radius 1 is 1.11 bits per heavy atom. The monoisotopic (exact) mass is 259 g/mol. The summed E-state index contributed by atoms with van der Waals surface area (Å²) in [5, 5.41) is 3.27. The first-order chi connectivity index (χ1) is 9.06. The van der Waals surface area contributed by atoms with Crippen molar-refractivity contribution in [2.75, 3.05) is 7.05 Å². The van der Waals surface area contributed by atoms with Crippen LogP contribution >= 0.6 is 0 Å². The molecule has 0 aromatic heterocycles. The summed E-state index contributed by atoms with van der Waals surface area (Å²) >= 11 is 0. The maximum Gasteiger partial charge on any atom is 0.0354 e. The maximum atomic E-state index is 4.06. The second-order valence-corrected chi connectivity index (χ2v) is 4.84. The van der Waals surface area contributed by atoms with Gasteiger partial charge in [-0.25, -0.2) is 0 Å². The molecule has 1 rings (SSSR count). The zero-order valence-electron chi connectivity index (χ0n) is 13.0. The molecule has 106 valence electrons. The standard InChI is InChI=1S/C14H19N.C4H10/c1-11(2)12(3)14(15-4)10-13-8-6-5-7-9-13;1-3-4-2/h5-9,14-15H,1,3,10H2,2,4H3;3-4H2,1-2H3. The molecule has 1 aromatic rings. The average molecular weight is 259 g/mol. The van der Waals surface area contributed by atoms with Gasteiger partial charge in [-0.15, -0.1) is 0 Å². The van der Waals surface area contributed by atoms with Crippen LogP contribution in [0.15, 0.2) is 54.6 Å². The van der Waals surface area contributed by atoms with Gasteiger partial charge in [-0.1, -0.05) is 75.8 Å². The van der Waals surface area contributed by atoms with Crippen LogP contribution in [0, 0.1) is 0 Å². The second-order valence-electron chi connectivity index (χ2n) is 4.84. The van der Waals surface area contributed by atoms with Gasteiger partial charge in [-0.2, -0.15) is 0 Å². The lowest BCUT2D eigenvalue weighted by Gasteiger charge is -2.19. The highest BCUT2D eigenvalue weighted by Crippen LogP contribution is 2.14. The first-order valence-electron chi connectivity index (χ1n) is 7.12.